The van der Waals surface area contributed by atoms with E-state index in [1.165, 1.54) is 12.1 Å². The fourth-order valence-corrected chi connectivity index (χ4v) is 3.04. The molecule has 1 fully saturated rings. The van der Waals surface area contributed by atoms with Crippen LogP contribution in [0.3, 0.4) is 0 Å². The maximum absolute atomic E-state index is 13.2. The summed E-state index contributed by atoms with van der Waals surface area (Å²) in [6.45, 7) is 2.56. The Hall–Kier alpha value is -3.22. The lowest BCUT2D eigenvalue weighted by molar-refractivity contribution is -0.117. The third-order valence-electron chi connectivity index (χ3n) is 4.47. The summed E-state index contributed by atoms with van der Waals surface area (Å²) >= 11 is 0. The summed E-state index contributed by atoms with van der Waals surface area (Å²) in [4.78, 5) is 18.4. The highest BCUT2D eigenvalue weighted by Crippen LogP contribution is 2.31. The molecule has 1 aliphatic rings. The van der Waals surface area contributed by atoms with Crippen molar-refractivity contribution in [3.05, 3.63) is 71.6 Å². The molecule has 138 valence electrons. The predicted octanol–water partition coefficient (Wildman–Crippen LogP) is 3.62. The van der Waals surface area contributed by atoms with Gasteiger partial charge in [-0.25, -0.2) is 4.39 Å². The van der Waals surface area contributed by atoms with E-state index in [9.17, 15) is 9.18 Å². The number of ether oxygens (including phenoxy) is 1. The molecule has 1 saturated heterocycles. The van der Waals surface area contributed by atoms with Gasteiger partial charge in [0, 0.05) is 24.7 Å². The van der Waals surface area contributed by atoms with Crippen LogP contribution in [0.1, 0.15) is 29.6 Å². The maximum Gasteiger partial charge on any atom is 0.232 e. The van der Waals surface area contributed by atoms with Crippen molar-refractivity contribution in [3.8, 4) is 5.75 Å². The number of aryl methyl sites for hydroxylation is 1. The first-order chi connectivity index (χ1) is 13.1. The number of nitrogens with zero attached hydrogens (tertiary/aromatic N) is 3. The van der Waals surface area contributed by atoms with Crippen LogP contribution < -0.4 is 9.64 Å². The van der Waals surface area contributed by atoms with Gasteiger partial charge in [0.25, 0.3) is 0 Å². The molecule has 7 heteroatoms. The zero-order chi connectivity index (χ0) is 18.8. The average molecular weight is 367 g/mol. The number of halogens is 1. The summed E-state index contributed by atoms with van der Waals surface area (Å²) in [5.74, 6) is 0.657. The number of carbonyl (C=O) groups excluding carboxylic acids is 1. The first kappa shape index (κ1) is 17.2. The van der Waals surface area contributed by atoms with Crippen LogP contribution in [0.5, 0.6) is 5.75 Å². The molecule has 27 heavy (non-hydrogen) atoms. The number of rotatable bonds is 5. The first-order valence-corrected chi connectivity index (χ1v) is 8.66. The number of hydrogen-bond donors (Lipinski definition) is 0. The lowest BCUT2D eigenvalue weighted by Gasteiger charge is -2.16. The Balaban J connectivity index is 1.41. The Morgan fingerprint density at radius 2 is 2.07 bits per heavy atom. The second-order valence-electron chi connectivity index (χ2n) is 6.54. The van der Waals surface area contributed by atoms with Crippen LogP contribution >= 0.6 is 0 Å². The SMILES string of the molecule is Cc1ccc(N2CC(c3nc(COc4cccc(F)c4)no3)CC2=O)cc1. The molecule has 0 spiro atoms. The molecule has 2 aromatic carbocycles. The highest BCUT2D eigenvalue weighted by atomic mass is 19.1. The molecule has 0 N–H and O–H groups in total. The van der Waals surface area contributed by atoms with E-state index in [0.717, 1.165) is 11.3 Å². The van der Waals surface area contributed by atoms with Crippen molar-refractivity contribution in [3.63, 3.8) is 0 Å². The van der Waals surface area contributed by atoms with Crippen LogP contribution in [-0.2, 0) is 11.4 Å². The summed E-state index contributed by atoms with van der Waals surface area (Å²) < 4.78 is 24.0. The second kappa shape index (κ2) is 7.19. The summed E-state index contributed by atoms with van der Waals surface area (Å²) in [7, 11) is 0. The third kappa shape index (κ3) is 3.81. The van der Waals surface area contributed by atoms with Crippen molar-refractivity contribution >= 4 is 11.6 Å². The topological polar surface area (TPSA) is 68.5 Å². The van der Waals surface area contributed by atoms with Crippen LogP contribution in [0.2, 0.25) is 0 Å². The van der Waals surface area contributed by atoms with Crippen molar-refractivity contribution in [2.75, 3.05) is 11.4 Å². The Labute approximate surface area is 155 Å². The number of amides is 1. The van der Waals surface area contributed by atoms with Crippen LogP contribution in [0.15, 0.2) is 53.1 Å². The van der Waals surface area contributed by atoms with Gasteiger partial charge in [-0.3, -0.25) is 4.79 Å². The molecule has 1 atom stereocenters. The van der Waals surface area contributed by atoms with E-state index in [1.54, 1.807) is 17.0 Å². The molecule has 0 bridgehead atoms. The van der Waals surface area contributed by atoms with Crippen molar-refractivity contribution in [1.29, 1.82) is 0 Å². The molecule has 6 nitrogen and oxygen atoms in total. The van der Waals surface area contributed by atoms with Gasteiger partial charge >= 0.3 is 0 Å². The third-order valence-corrected chi connectivity index (χ3v) is 4.47. The number of carbonyl (C=O) groups is 1. The van der Waals surface area contributed by atoms with Gasteiger partial charge in [-0.05, 0) is 31.2 Å². The number of benzene rings is 2. The normalized spacial score (nSPS) is 16.7. The summed E-state index contributed by atoms with van der Waals surface area (Å²) in [6, 6.07) is 13.7. The van der Waals surface area contributed by atoms with E-state index in [1.807, 2.05) is 31.2 Å². The average Bonchev–Trinajstić information content (AvgIpc) is 3.27. The standard InChI is InChI=1S/C20H18FN3O3/c1-13-5-7-16(8-6-13)24-11-14(9-19(24)25)20-22-18(23-27-20)12-26-17-4-2-3-15(21)10-17/h2-8,10,14H,9,11-12H2,1H3. The molecule has 1 aromatic heterocycles. The molecule has 1 aliphatic heterocycles. The minimum absolute atomic E-state index is 0.0274. The van der Waals surface area contributed by atoms with E-state index in [4.69, 9.17) is 9.26 Å². The highest BCUT2D eigenvalue weighted by Gasteiger charge is 2.35. The van der Waals surface area contributed by atoms with E-state index < -0.39 is 0 Å². The summed E-state index contributed by atoms with van der Waals surface area (Å²) in [5, 5.41) is 3.90. The van der Waals surface area contributed by atoms with Gasteiger partial charge in [0.15, 0.2) is 6.61 Å². The van der Waals surface area contributed by atoms with Crippen LogP contribution in [-0.4, -0.2) is 22.6 Å². The van der Waals surface area contributed by atoms with E-state index >= 15 is 0 Å². The van der Waals surface area contributed by atoms with Crippen LogP contribution in [0, 0.1) is 12.7 Å². The second-order valence-corrected chi connectivity index (χ2v) is 6.54. The largest absolute Gasteiger partial charge is 0.485 e. The number of hydrogen-bond acceptors (Lipinski definition) is 5. The first-order valence-electron chi connectivity index (χ1n) is 8.66. The van der Waals surface area contributed by atoms with Crippen molar-refractivity contribution in [1.82, 2.24) is 10.1 Å². The minimum atomic E-state index is -0.373. The highest BCUT2D eigenvalue weighted by molar-refractivity contribution is 5.96. The molecular formula is C20H18FN3O3. The van der Waals surface area contributed by atoms with Gasteiger partial charge < -0.3 is 14.2 Å². The molecular weight excluding hydrogens is 349 g/mol. The van der Waals surface area contributed by atoms with E-state index in [-0.39, 0.29) is 24.2 Å². The van der Waals surface area contributed by atoms with Gasteiger partial charge in [-0.15, -0.1) is 0 Å². The zero-order valence-electron chi connectivity index (χ0n) is 14.8. The maximum atomic E-state index is 13.2. The minimum Gasteiger partial charge on any atom is -0.485 e. The number of anilines is 1. The van der Waals surface area contributed by atoms with Gasteiger partial charge in [0.1, 0.15) is 11.6 Å². The van der Waals surface area contributed by atoms with Gasteiger partial charge in [-0.2, -0.15) is 4.98 Å². The van der Waals surface area contributed by atoms with E-state index in [0.29, 0.717) is 30.4 Å². The Morgan fingerprint density at radius 3 is 2.85 bits per heavy atom. The molecule has 0 saturated carbocycles. The molecule has 4 rings (SSSR count). The summed E-state index contributed by atoms with van der Waals surface area (Å²) in [6.07, 6.45) is 0.320. The smallest absolute Gasteiger partial charge is 0.232 e. The molecule has 2 heterocycles. The quantitative estimate of drug-likeness (QED) is 0.689. The molecule has 1 amide bonds. The lowest BCUT2D eigenvalue weighted by Crippen LogP contribution is -2.24. The molecule has 3 aromatic rings. The number of aromatic nitrogens is 2. The molecule has 1 unspecified atom stereocenters. The predicted molar refractivity (Wildman–Crippen MR) is 95.9 cm³/mol. The fourth-order valence-electron chi connectivity index (χ4n) is 3.04. The van der Waals surface area contributed by atoms with Gasteiger partial charge in [-0.1, -0.05) is 28.9 Å². The summed E-state index contributed by atoms with van der Waals surface area (Å²) in [5.41, 5.74) is 2.00. The zero-order valence-corrected chi connectivity index (χ0v) is 14.8. The fraction of sp³-hybridized carbons (Fsp3) is 0.250. The molecule has 0 radical (unpaired) electrons. The van der Waals surface area contributed by atoms with Crippen molar-refractivity contribution < 1.29 is 18.4 Å². The van der Waals surface area contributed by atoms with Crippen LogP contribution in [0.4, 0.5) is 10.1 Å². The van der Waals surface area contributed by atoms with Gasteiger partial charge in [0.2, 0.25) is 17.6 Å². The van der Waals surface area contributed by atoms with Crippen molar-refractivity contribution in [2.24, 2.45) is 0 Å². The van der Waals surface area contributed by atoms with Crippen molar-refractivity contribution in [2.45, 2.75) is 25.9 Å². The van der Waals surface area contributed by atoms with E-state index in [2.05, 4.69) is 10.1 Å². The Bertz CT molecular complexity index is 955. The molecule has 0 aliphatic carbocycles. The monoisotopic (exact) mass is 367 g/mol. The van der Waals surface area contributed by atoms with Crippen LogP contribution in [0.25, 0.3) is 0 Å². The Kier molecular flexibility index (Phi) is 4.58. The van der Waals surface area contributed by atoms with Gasteiger partial charge in [0.05, 0.1) is 5.92 Å². The lowest BCUT2D eigenvalue weighted by atomic mass is 10.1. The Morgan fingerprint density at radius 1 is 1.26 bits per heavy atom.